The molecule has 1 aromatic heterocycles. The summed E-state index contributed by atoms with van der Waals surface area (Å²) >= 11 is 12.0. The number of hydrogen-bond donors (Lipinski definition) is 1. The van der Waals surface area contributed by atoms with E-state index in [2.05, 4.69) is 4.98 Å². The Morgan fingerprint density at radius 1 is 1.43 bits per heavy atom. The fraction of sp³-hybridized carbons (Fsp3) is 0.444. The zero-order valence-corrected chi connectivity index (χ0v) is 9.56. The Morgan fingerprint density at radius 2 is 1.93 bits per heavy atom. The summed E-state index contributed by atoms with van der Waals surface area (Å²) < 4.78 is 5.31. The lowest BCUT2D eigenvalue weighted by atomic mass is 9.97. The van der Waals surface area contributed by atoms with Gasteiger partial charge in [-0.05, 0) is 6.92 Å². The zero-order valence-electron chi connectivity index (χ0n) is 8.05. The van der Waals surface area contributed by atoms with E-state index in [1.54, 1.807) is 7.11 Å². The van der Waals surface area contributed by atoms with Crippen LogP contribution in [0, 0.1) is 0 Å². The number of aromatic nitrogens is 1. The molecule has 0 saturated heterocycles. The van der Waals surface area contributed by atoms with Crippen LogP contribution in [0.3, 0.4) is 0 Å². The van der Waals surface area contributed by atoms with Gasteiger partial charge < -0.3 is 10.5 Å². The number of halogens is 2. The summed E-state index contributed by atoms with van der Waals surface area (Å²) in [6, 6.07) is 0. The zero-order chi connectivity index (χ0) is 10.8. The number of nitrogens with zero attached hydrogens (tertiary/aromatic N) is 1. The summed E-state index contributed by atoms with van der Waals surface area (Å²) in [5, 5.41) is 0.930. The minimum Gasteiger partial charge on any atom is -0.372 e. The number of hydrogen-bond acceptors (Lipinski definition) is 3. The van der Waals surface area contributed by atoms with E-state index in [0.717, 1.165) is 0 Å². The first-order valence-electron chi connectivity index (χ1n) is 4.10. The van der Waals surface area contributed by atoms with E-state index in [1.165, 1.54) is 12.4 Å². The molecule has 0 aliphatic carbocycles. The second kappa shape index (κ2) is 4.45. The van der Waals surface area contributed by atoms with Gasteiger partial charge >= 0.3 is 0 Å². The first-order valence-corrected chi connectivity index (χ1v) is 4.85. The van der Waals surface area contributed by atoms with Gasteiger partial charge in [0.1, 0.15) is 5.60 Å². The monoisotopic (exact) mass is 234 g/mol. The Labute approximate surface area is 93.2 Å². The van der Waals surface area contributed by atoms with Gasteiger partial charge in [-0.1, -0.05) is 23.2 Å². The molecule has 5 heteroatoms. The summed E-state index contributed by atoms with van der Waals surface area (Å²) in [7, 11) is 1.57. The van der Waals surface area contributed by atoms with Gasteiger partial charge in [-0.2, -0.15) is 0 Å². The Bertz CT molecular complexity index is 306. The quantitative estimate of drug-likeness (QED) is 0.873. The summed E-state index contributed by atoms with van der Waals surface area (Å²) in [5.74, 6) is 0. The summed E-state index contributed by atoms with van der Waals surface area (Å²) in [4.78, 5) is 3.87. The standard InChI is InChI=1S/C9H12Cl2N2O/c1-9(5-12,14-2)8-6(10)3-13-4-7(8)11/h3-4H,5,12H2,1-2H3. The van der Waals surface area contributed by atoms with Crippen LogP contribution in [0.15, 0.2) is 12.4 Å². The van der Waals surface area contributed by atoms with Gasteiger partial charge in [-0.3, -0.25) is 4.98 Å². The lowest BCUT2D eigenvalue weighted by molar-refractivity contribution is 0.0102. The topological polar surface area (TPSA) is 48.1 Å². The Kier molecular flexibility index (Phi) is 3.72. The Hall–Kier alpha value is -0.350. The minimum absolute atomic E-state index is 0.299. The van der Waals surface area contributed by atoms with Crippen LogP contribution in [0.2, 0.25) is 10.0 Å². The Balaban J connectivity index is 3.29. The molecular formula is C9H12Cl2N2O. The average molecular weight is 235 g/mol. The van der Waals surface area contributed by atoms with Crippen LogP contribution < -0.4 is 5.73 Å². The van der Waals surface area contributed by atoms with Gasteiger partial charge in [0.2, 0.25) is 0 Å². The molecular weight excluding hydrogens is 223 g/mol. The van der Waals surface area contributed by atoms with Crippen molar-refractivity contribution in [2.24, 2.45) is 5.73 Å². The summed E-state index contributed by atoms with van der Waals surface area (Å²) in [6.07, 6.45) is 3.05. The van der Waals surface area contributed by atoms with E-state index in [-0.39, 0.29) is 0 Å². The maximum absolute atomic E-state index is 5.99. The van der Waals surface area contributed by atoms with Crippen molar-refractivity contribution in [1.29, 1.82) is 0 Å². The lowest BCUT2D eigenvalue weighted by Gasteiger charge is -2.28. The Morgan fingerprint density at radius 3 is 2.29 bits per heavy atom. The van der Waals surface area contributed by atoms with Gasteiger partial charge in [0.25, 0.3) is 0 Å². The van der Waals surface area contributed by atoms with Crippen LogP contribution in [0.1, 0.15) is 12.5 Å². The van der Waals surface area contributed by atoms with E-state index < -0.39 is 5.60 Å². The number of ether oxygens (including phenoxy) is 1. The molecule has 0 saturated carbocycles. The van der Waals surface area contributed by atoms with Crippen LogP contribution in [-0.4, -0.2) is 18.6 Å². The van der Waals surface area contributed by atoms with E-state index in [9.17, 15) is 0 Å². The van der Waals surface area contributed by atoms with Crippen LogP contribution in [0.4, 0.5) is 0 Å². The summed E-state index contributed by atoms with van der Waals surface area (Å²) in [6.45, 7) is 2.13. The second-order valence-corrected chi connectivity index (χ2v) is 3.93. The molecule has 1 atom stereocenters. The predicted octanol–water partition coefficient (Wildman–Crippen LogP) is 2.21. The highest BCUT2D eigenvalue weighted by molar-refractivity contribution is 6.35. The van der Waals surface area contributed by atoms with E-state index in [1.807, 2.05) is 6.92 Å². The van der Waals surface area contributed by atoms with Crippen molar-refractivity contribution in [3.63, 3.8) is 0 Å². The molecule has 0 amide bonds. The number of nitrogens with two attached hydrogens (primary N) is 1. The summed E-state index contributed by atoms with van der Waals surface area (Å²) in [5.41, 5.74) is 5.64. The lowest BCUT2D eigenvalue weighted by Crippen LogP contribution is -2.34. The molecule has 0 aliphatic heterocycles. The SMILES string of the molecule is COC(C)(CN)c1c(Cl)cncc1Cl. The normalized spacial score (nSPS) is 15.2. The number of rotatable bonds is 3. The minimum atomic E-state index is -0.670. The third-order valence-corrected chi connectivity index (χ3v) is 2.80. The van der Waals surface area contributed by atoms with Crippen LogP contribution in [0.5, 0.6) is 0 Å². The maximum Gasteiger partial charge on any atom is 0.105 e. The molecule has 1 heterocycles. The van der Waals surface area contributed by atoms with Gasteiger partial charge in [0, 0.05) is 31.6 Å². The molecule has 78 valence electrons. The predicted molar refractivity (Wildman–Crippen MR) is 57.7 cm³/mol. The average Bonchev–Trinajstić information content (AvgIpc) is 2.17. The highest BCUT2D eigenvalue weighted by atomic mass is 35.5. The molecule has 1 unspecified atom stereocenters. The number of pyridine rings is 1. The fourth-order valence-corrected chi connectivity index (χ4v) is 1.97. The van der Waals surface area contributed by atoms with Gasteiger partial charge in [-0.25, -0.2) is 0 Å². The van der Waals surface area contributed by atoms with Crippen molar-refractivity contribution < 1.29 is 4.74 Å². The molecule has 0 spiro atoms. The van der Waals surface area contributed by atoms with E-state index >= 15 is 0 Å². The molecule has 0 aliphatic rings. The molecule has 1 aromatic rings. The molecule has 2 N–H and O–H groups in total. The van der Waals surface area contributed by atoms with Crippen molar-refractivity contribution >= 4 is 23.2 Å². The van der Waals surface area contributed by atoms with Gasteiger partial charge in [0.05, 0.1) is 10.0 Å². The van der Waals surface area contributed by atoms with Crippen LogP contribution in [-0.2, 0) is 10.3 Å². The largest absolute Gasteiger partial charge is 0.372 e. The van der Waals surface area contributed by atoms with Gasteiger partial charge in [-0.15, -0.1) is 0 Å². The maximum atomic E-state index is 5.99. The van der Waals surface area contributed by atoms with Crippen molar-refractivity contribution in [1.82, 2.24) is 4.98 Å². The molecule has 0 bridgehead atoms. The molecule has 0 fully saturated rings. The van der Waals surface area contributed by atoms with E-state index in [4.69, 9.17) is 33.7 Å². The van der Waals surface area contributed by atoms with Crippen molar-refractivity contribution in [3.05, 3.63) is 28.0 Å². The third kappa shape index (κ3) is 2.01. The first kappa shape index (κ1) is 11.7. The highest BCUT2D eigenvalue weighted by Crippen LogP contribution is 2.34. The van der Waals surface area contributed by atoms with Crippen molar-refractivity contribution in [2.75, 3.05) is 13.7 Å². The van der Waals surface area contributed by atoms with E-state index in [0.29, 0.717) is 22.2 Å². The smallest absolute Gasteiger partial charge is 0.105 e. The molecule has 3 nitrogen and oxygen atoms in total. The second-order valence-electron chi connectivity index (χ2n) is 3.12. The van der Waals surface area contributed by atoms with Crippen LogP contribution in [0.25, 0.3) is 0 Å². The van der Waals surface area contributed by atoms with Gasteiger partial charge in [0.15, 0.2) is 0 Å². The molecule has 14 heavy (non-hydrogen) atoms. The molecule has 1 rings (SSSR count). The third-order valence-electron chi connectivity index (χ3n) is 2.22. The number of methoxy groups -OCH3 is 1. The van der Waals surface area contributed by atoms with Crippen molar-refractivity contribution in [2.45, 2.75) is 12.5 Å². The first-order chi connectivity index (χ1) is 6.55. The van der Waals surface area contributed by atoms with Crippen LogP contribution >= 0.6 is 23.2 Å². The molecule has 0 radical (unpaired) electrons. The fourth-order valence-electron chi connectivity index (χ4n) is 1.20. The highest BCUT2D eigenvalue weighted by Gasteiger charge is 2.29. The molecule has 0 aromatic carbocycles. The van der Waals surface area contributed by atoms with Crippen molar-refractivity contribution in [3.8, 4) is 0 Å².